The molecule has 1 fully saturated rings. The van der Waals surface area contributed by atoms with Crippen LogP contribution in [0.4, 0.5) is 5.69 Å². The summed E-state index contributed by atoms with van der Waals surface area (Å²) in [7, 11) is 0. The van der Waals surface area contributed by atoms with E-state index >= 15 is 0 Å². The second-order valence-electron chi connectivity index (χ2n) is 6.33. The summed E-state index contributed by atoms with van der Waals surface area (Å²) in [6.07, 6.45) is 7.65. The first-order valence-electron chi connectivity index (χ1n) is 7.51. The number of rotatable bonds is 5. The van der Waals surface area contributed by atoms with Crippen LogP contribution in [0.5, 0.6) is 0 Å². The van der Waals surface area contributed by atoms with E-state index in [4.69, 9.17) is 0 Å². The van der Waals surface area contributed by atoms with Crippen LogP contribution >= 0.6 is 0 Å². The fourth-order valence-electron chi connectivity index (χ4n) is 2.60. The maximum absolute atomic E-state index is 4.32. The number of hydrogen-bond acceptors (Lipinski definition) is 3. The third-order valence-corrected chi connectivity index (χ3v) is 4.09. The van der Waals surface area contributed by atoms with E-state index in [2.05, 4.69) is 42.0 Å². The van der Waals surface area contributed by atoms with Crippen LogP contribution in [-0.4, -0.2) is 24.6 Å². The van der Waals surface area contributed by atoms with Crippen LogP contribution in [0.3, 0.4) is 0 Å². The molecular formula is C16H27N3. The van der Waals surface area contributed by atoms with Gasteiger partial charge in [0.15, 0.2) is 0 Å². The van der Waals surface area contributed by atoms with Crippen molar-refractivity contribution in [3.05, 3.63) is 24.0 Å². The van der Waals surface area contributed by atoms with Gasteiger partial charge in [0.2, 0.25) is 0 Å². The zero-order valence-electron chi connectivity index (χ0n) is 12.6. The molecule has 0 radical (unpaired) electrons. The van der Waals surface area contributed by atoms with E-state index in [0.717, 1.165) is 26.2 Å². The minimum absolute atomic E-state index is 0.499. The van der Waals surface area contributed by atoms with Crippen molar-refractivity contribution in [3.8, 4) is 0 Å². The average molecular weight is 261 g/mol. The third-order valence-electron chi connectivity index (χ3n) is 4.09. The summed E-state index contributed by atoms with van der Waals surface area (Å²) in [5.41, 5.74) is 3.20. The van der Waals surface area contributed by atoms with Gasteiger partial charge in [0.05, 0.1) is 11.9 Å². The highest BCUT2D eigenvalue weighted by Crippen LogP contribution is 2.33. The van der Waals surface area contributed by atoms with Crippen molar-refractivity contribution in [2.24, 2.45) is 5.41 Å². The van der Waals surface area contributed by atoms with E-state index in [0.29, 0.717) is 5.41 Å². The fraction of sp³-hybridized carbons (Fsp3) is 0.688. The molecule has 1 aliphatic rings. The summed E-state index contributed by atoms with van der Waals surface area (Å²) in [6, 6.07) is 2.15. The molecule has 0 bridgehead atoms. The van der Waals surface area contributed by atoms with Crippen LogP contribution in [0.1, 0.15) is 45.6 Å². The Hall–Kier alpha value is -1.09. The van der Waals surface area contributed by atoms with Crippen molar-refractivity contribution < 1.29 is 0 Å². The largest absolute Gasteiger partial charge is 0.370 e. The Kier molecular flexibility index (Phi) is 4.81. The van der Waals surface area contributed by atoms with Gasteiger partial charge in [0, 0.05) is 25.8 Å². The molecule has 1 N–H and O–H groups in total. The number of nitrogens with one attached hydrogen (secondary N) is 1. The zero-order chi connectivity index (χ0) is 13.7. The van der Waals surface area contributed by atoms with Crippen LogP contribution in [0, 0.1) is 5.41 Å². The van der Waals surface area contributed by atoms with Gasteiger partial charge in [0.1, 0.15) is 0 Å². The lowest BCUT2D eigenvalue weighted by Gasteiger charge is -2.38. The maximum atomic E-state index is 4.32. The van der Waals surface area contributed by atoms with Crippen LogP contribution in [-0.2, 0) is 6.54 Å². The molecule has 3 heteroatoms. The lowest BCUT2D eigenvalue weighted by atomic mass is 9.82. The normalized spacial score (nSPS) is 18.6. The topological polar surface area (TPSA) is 28.2 Å². The molecule has 0 amide bonds. The average Bonchev–Trinajstić information content (AvgIpc) is 2.40. The van der Waals surface area contributed by atoms with E-state index in [9.17, 15) is 0 Å². The number of pyridine rings is 1. The SMILES string of the molecule is CCCNCc1ccncc1N1CCC(C)(C)CC1. The van der Waals surface area contributed by atoms with Crippen molar-refractivity contribution in [3.63, 3.8) is 0 Å². The minimum atomic E-state index is 0.499. The van der Waals surface area contributed by atoms with Gasteiger partial charge in [-0.05, 0) is 42.9 Å². The molecule has 1 saturated heterocycles. The standard InChI is InChI=1S/C16H27N3/c1-4-8-17-12-14-5-9-18-13-15(14)19-10-6-16(2,3)7-11-19/h5,9,13,17H,4,6-8,10-12H2,1-3H3. The van der Waals surface area contributed by atoms with Gasteiger partial charge in [-0.3, -0.25) is 4.98 Å². The summed E-state index contributed by atoms with van der Waals surface area (Å²) < 4.78 is 0. The number of hydrogen-bond donors (Lipinski definition) is 1. The summed E-state index contributed by atoms with van der Waals surface area (Å²) in [5.74, 6) is 0. The lowest BCUT2D eigenvalue weighted by molar-refractivity contribution is 0.279. The smallest absolute Gasteiger partial charge is 0.0598 e. The van der Waals surface area contributed by atoms with Gasteiger partial charge in [0.25, 0.3) is 0 Å². The third kappa shape index (κ3) is 3.93. The highest BCUT2D eigenvalue weighted by molar-refractivity contribution is 5.52. The number of anilines is 1. The van der Waals surface area contributed by atoms with E-state index in [1.165, 1.54) is 30.5 Å². The van der Waals surface area contributed by atoms with E-state index in [-0.39, 0.29) is 0 Å². The van der Waals surface area contributed by atoms with Crippen molar-refractivity contribution in [1.82, 2.24) is 10.3 Å². The van der Waals surface area contributed by atoms with Gasteiger partial charge in [-0.2, -0.15) is 0 Å². The molecule has 0 saturated carbocycles. The van der Waals surface area contributed by atoms with Crippen molar-refractivity contribution in [1.29, 1.82) is 0 Å². The second kappa shape index (κ2) is 6.38. The molecule has 0 unspecified atom stereocenters. The van der Waals surface area contributed by atoms with Crippen LogP contribution in [0.15, 0.2) is 18.5 Å². The molecule has 2 heterocycles. The van der Waals surface area contributed by atoms with E-state index < -0.39 is 0 Å². The number of aromatic nitrogens is 1. The summed E-state index contributed by atoms with van der Waals surface area (Å²) >= 11 is 0. The Morgan fingerprint density at radius 1 is 1.32 bits per heavy atom. The Balaban J connectivity index is 2.03. The molecule has 0 atom stereocenters. The van der Waals surface area contributed by atoms with Crippen LogP contribution < -0.4 is 10.2 Å². The van der Waals surface area contributed by atoms with Crippen molar-refractivity contribution in [2.45, 2.75) is 46.6 Å². The molecule has 0 spiro atoms. The molecule has 106 valence electrons. The Bertz CT molecular complexity index is 391. The van der Waals surface area contributed by atoms with Crippen molar-refractivity contribution in [2.75, 3.05) is 24.5 Å². The molecule has 19 heavy (non-hydrogen) atoms. The molecule has 0 aliphatic carbocycles. The summed E-state index contributed by atoms with van der Waals surface area (Å²) in [4.78, 5) is 6.82. The van der Waals surface area contributed by atoms with Crippen LogP contribution in [0.25, 0.3) is 0 Å². The molecule has 3 nitrogen and oxygen atoms in total. The van der Waals surface area contributed by atoms with Gasteiger partial charge < -0.3 is 10.2 Å². The van der Waals surface area contributed by atoms with Crippen molar-refractivity contribution >= 4 is 5.69 Å². The Morgan fingerprint density at radius 2 is 2.05 bits per heavy atom. The maximum Gasteiger partial charge on any atom is 0.0598 e. The van der Waals surface area contributed by atoms with Gasteiger partial charge in [-0.25, -0.2) is 0 Å². The summed E-state index contributed by atoms with van der Waals surface area (Å²) in [6.45, 7) is 11.3. The fourth-order valence-corrected chi connectivity index (χ4v) is 2.60. The van der Waals surface area contributed by atoms with Gasteiger partial charge >= 0.3 is 0 Å². The first-order valence-corrected chi connectivity index (χ1v) is 7.51. The molecular weight excluding hydrogens is 234 g/mol. The first kappa shape index (κ1) is 14.3. The number of piperidine rings is 1. The Labute approximate surface area is 117 Å². The molecule has 2 rings (SSSR count). The highest BCUT2D eigenvalue weighted by atomic mass is 15.1. The predicted octanol–water partition coefficient (Wildman–Crippen LogP) is 3.21. The molecule has 1 aliphatic heterocycles. The molecule has 1 aromatic rings. The Morgan fingerprint density at radius 3 is 2.74 bits per heavy atom. The lowest BCUT2D eigenvalue weighted by Crippen LogP contribution is -2.38. The van der Waals surface area contributed by atoms with Gasteiger partial charge in [-0.1, -0.05) is 20.8 Å². The second-order valence-corrected chi connectivity index (χ2v) is 6.33. The van der Waals surface area contributed by atoms with E-state index in [1.807, 2.05) is 12.4 Å². The number of nitrogens with zero attached hydrogens (tertiary/aromatic N) is 2. The predicted molar refractivity (Wildman–Crippen MR) is 81.5 cm³/mol. The van der Waals surface area contributed by atoms with Crippen LogP contribution in [0.2, 0.25) is 0 Å². The zero-order valence-corrected chi connectivity index (χ0v) is 12.6. The quantitative estimate of drug-likeness (QED) is 0.825. The molecule has 1 aromatic heterocycles. The minimum Gasteiger partial charge on any atom is -0.370 e. The van der Waals surface area contributed by atoms with E-state index in [1.54, 1.807) is 0 Å². The summed E-state index contributed by atoms with van der Waals surface area (Å²) in [5, 5.41) is 3.49. The van der Waals surface area contributed by atoms with Gasteiger partial charge in [-0.15, -0.1) is 0 Å². The first-order chi connectivity index (χ1) is 9.12. The molecule has 0 aromatic carbocycles. The highest BCUT2D eigenvalue weighted by Gasteiger charge is 2.26. The monoisotopic (exact) mass is 261 g/mol.